The third kappa shape index (κ3) is 5.44. The minimum Gasteiger partial charge on any atom is -0.381 e. The first kappa shape index (κ1) is 22.2. The lowest BCUT2D eigenvalue weighted by Gasteiger charge is -2.31. The Labute approximate surface area is 189 Å². The second-order valence-corrected chi connectivity index (χ2v) is 8.58. The maximum atomic E-state index is 13.3. The zero-order valence-electron chi connectivity index (χ0n) is 17.5. The highest BCUT2D eigenvalue weighted by Crippen LogP contribution is 2.32. The Balaban J connectivity index is 1.38. The van der Waals surface area contributed by atoms with E-state index in [2.05, 4.69) is 20.2 Å². The largest absolute Gasteiger partial charge is 0.416 e. The van der Waals surface area contributed by atoms with Crippen LogP contribution in [0.3, 0.4) is 0 Å². The Hall–Kier alpha value is -2.97. The number of nitrogens with zero attached hydrogens (tertiary/aromatic N) is 2. The van der Waals surface area contributed by atoms with Gasteiger partial charge in [0, 0.05) is 35.3 Å². The molecule has 0 fully saturated rings. The summed E-state index contributed by atoms with van der Waals surface area (Å²) in [5.41, 5.74) is 3.14. The summed E-state index contributed by atoms with van der Waals surface area (Å²) in [5, 5.41) is 12.7. The molecule has 8 heteroatoms. The molecule has 2 aromatic carbocycles. The number of rotatable bonds is 7. The van der Waals surface area contributed by atoms with Crippen LogP contribution in [0.1, 0.15) is 30.0 Å². The molecule has 1 aromatic heterocycles. The van der Waals surface area contributed by atoms with E-state index in [0.717, 1.165) is 28.6 Å². The third-order valence-electron chi connectivity index (χ3n) is 5.43. The molecule has 1 aliphatic carbocycles. The fraction of sp³-hybridized carbons (Fsp3) is 0.250. The lowest BCUT2D eigenvalue weighted by Crippen LogP contribution is -2.42. The van der Waals surface area contributed by atoms with Crippen LogP contribution < -0.4 is 10.6 Å². The van der Waals surface area contributed by atoms with Crippen LogP contribution in [0.4, 0.5) is 13.2 Å². The van der Waals surface area contributed by atoms with E-state index < -0.39 is 17.3 Å². The molecule has 2 N–H and O–H groups in total. The van der Waals surface area contributed by atoms with Gasteiger partial charge in [0.15, 0.2) is 0 Å². The van der Waals surface area contributed by atoms with Gasteiger partial charge >= 0.3 is 6.18 Å². The minimum atomic E-state index is -4.36. The Bertz CT molecular complexity index is 1110. The van der Waals surface area contributed by atoms with Crippen molar-refractivity contribution in [2.45, 2.75) is 38.1 Å². The molecule has 0 aliphatic heterocycles. The van der Waals surface area contributed by atoms with Gasteiger partial charge in [0.2, 0.25) is 0 Å². The van der Waals surface area contributed by atoms with Crippen molar-refractivity contribution in [1.82, 2.24) is 20.2 Å². The fourth-order valence-electron chi connectivity index (χ4n) is 3.65. The summed E-state index contributed by atoms with van der Waals surface area (Å²) >= 11 is 1.32. The predicted molar refractivity (Wildman–Crippen MR) is 121 cm³/mol. The van der Waals surface area contributed by atoms with Crippen molar-refractivity contribution in [2.75, 3.05) is 0 Å². The van der Waals surface area contributed by atoms with E-state index in [9.17, 15) is 13.2 Å². The lowest BCUT2D eigenvalue weighted by atomic mass is 9.91. The van der Waals surface area contributed by atoms with E-state index in [-0.39, 0.29) is 12.1 Å². The first-order valence-electron chi connectivity index (χ1n) is 10.2. The maximum Gasteiger partial charge on any atom is 0.416 e. The van der Waals surface area contributed by atoms with Gasteiger partial charge in [-0.1, -0.05) is 53.0 Å². The molecule has 0 spiro atoms. The number of hydrogen-bond acceptors (Lipinski definition) is 5. The third-order valence-corrected chi connectivity index (χ3v) is 5.93. The maximum absolute atomic E-state index is 13.3. The number of benzene rings is 2. The molecule has 1 atom stereocenters. The van der Waals surface area contributed by atoms with Crippen LogP contribution in [0.25, 0.3) is 11.3 Å². The van der Waals surface area contributed by atoms with Gasteiger partial charge < -0.3 is 10.6 Å². The van der Waals surface area contributed by atoms with Gasteiger partial charge in [0.05, 0.1) is 5.56 Å². The second kappa shape index (κ2) is 9.26. The van der Waals surface area contributed by atoms with Crippen molar-refractivity contribution in [2.24, 2.45) is 0 Å². The SMILES string of the molecule is CC1(NCc2ccccc2C(F)(F)F)C=C(NCc2ccc(-c3csnn3)cc2)C=CC1. The molecule has 1 unspecified atom stereocenters. The van der Waals surface area contributed by atoms with Gasteiger partial charge in [-0.25, -0.2) is 0 Å². The van der Waals surface area contributed by atoms with Crippen LogP contribution in [0, 0.1) is 0 Å². The molecule has 0 saturated carbocycles. The molecule has 0 radical (unpaired) electrons. The fourth-order valence-corrected chi connectivity index (χ4v) is 4.12. The monoisotopic (exact) mass is 456 g/mol. The zero-order valence-corrected chi connectivity index (χ0v) is 18.3. The van der Waals surface area contributed by atoms with Crippen LogP contribution in [0.2, 0.25) is 0 Å². The van der Waals surface area contributed by atoms with Crippen LogP contribution in [-0.2, 0) is 19.3 Å². The summed E-state index contributed by atoms with van der Waals surface area (Å²) in [6.45, 7) is 2.76. The van der Waals surface area contributed by atoms with Crippen LogP contribution in [0.5, 0.6) is 0 Å². The van der Waals surface area contributed by atoms with E-state index >= 15 is 0 Å². The topological polar surface area (TPSA) is 49.8 Å². The molecular weight excluding hydrogens is 433 g/mol. The Kier molecular flexibility index (Phi) is 6.43. The van der Waals surface area contributed by atoms with Crippen molar-refractivity contribution >= 4 is 11.5 Å². The van der Waals surface area contributed by atoms with Gasteiger partial charge in [0.1, 0.15) is 5.69 Å². The standard InChI is InChI=1S/C24H23F3N4S/c1-23(29-15-19-5-2-3-7-21(19)24(25,26)27)12-4-6-20(13-23)28-14-17-8-10-18(11-9-17)22-16-32-31-30-22/h2-11,13,16,28-29H,12,14-15H2,1H3. The predicted octanol–water partition coefficient (Wildman–Crippen LogP) is 5.71. The number of hydrogen-bond donors (Lipinski definition) is 2. The van der Waals surface area contributed by atoms with E-state index in [1.807, 2.05) is 54.8 Å². The molecule has 3 aromatic rings. The van der Waals surface area contributed by atoms with Crippen LogP contribution in [0.15, 0.2) is 77.8 Å². The average Bonchev–Trinajstić information content (AvgIpc) is 3.31. The molecular formula is C24H23F3N4S. The Morgan fingerprint density at radius 2 is 1.84 bits per heavy atom. The molecule has 0 saturated heterocycles. The average molecular weight is 457 g/mol. The zero-order chi connectivity index (χ0) is 22.6. The second-order valence-electron chi connectivity index (χ2n) is 7.97. The summed E-state index contributed by atoms with van der Waals surface area (Å²) < 4.78 is 43.7. The molecule has 0 bridgehead atoms. The smallest absolute Gasteiger partial charge is 0.381 e. The molecule has 4 nitrogen and oxygen atoms in total. The quantitative estimate of drug-likeness (QED) is 0.478. The van der Waals surface area contributed by atoms with Crippen molar-refractivity contribution in [3.63, 3.8) is 0 Å². The molecule has 0 amide bonds. The first-order chi connectivity index (χ1) is 15.3. The summed E-state index contributed by atoms with van der Waals surface area (Å²) in [4.78, 5) is 0. The molecule has 32 heavy (non-hydrogen) atoms. The molecule has 166 valence electrons. The number of aromatic nitrogens is 2. The first-order valence-corrected chi connectivity index (χ1v) is 11.1. The van der Waals surface area contributed by atoms with Crippen molar-refractivity contribution < 1.29 is 13.2 Å². The van der Waals surface area contributed by atoms with Gasteiger partial charge in [-0.3, -0.25) is 0 Å². The number of nitrogens with one attached hydrogen (secondary N) is 2. The highest BCUT2D eigenvalue weighted by molar-refractivity contribution is 7.03. The van der Waals surface area contributed by atoms with Crippen LogP contribution in [-0.4, -0.2) is 15.1 Å². The summed E-state index contributed by atoms with van der Waals surface area (Å²) in [6, 6.07) is 13.8. The number of alkyl halides is 3. The van der Waals surface area contributed by atoms with Crippen molar-refractivity contribution in [3.8, 4) is 11.3 Å². The minimum absolute atomic E-state index is 0.136. The van der Waals surface area contributed by atoms with E-state index in [0.29, 0.717) is 13.0 Å². The van der Waals surface area contributed by atoms with Gasteiger partial charge in [-0.15, -0.1) is 5.10 Å². The number of halogens is 3. The molecule has 1 aliphatic rings. The summed E-state index contributed by atoms with van der Waals surface area (Å²) in [5.74, 6) is 0. The van der Waals surface area contributed by atoms with Gasteiger partial charge in [-0.2, -0.15) is 13.2 Å². The Morgan fingerprint density at radius 3 is 2.56 bits per heavy atom. The molecule has 4 rings (SSSR count). The lowest BCUT2D eigenvalue weighted by molar-refractivity contribution is -0.138. The molecule has 1 heterocycles. The van der Waals surface area contributed by atoms with E-state index in [1.165, 1.54) is 23.7 Å². The highest BCUT2D eigenvalue weighted by atomic mass is 32.1. The summed E-state index contributed by atoms with van der Waals surface area (Å²) in [6.07, 6.45) is 2.41. The number of allylic oxidation sites excluding steroid dienone is 1. The normalized spacial score (nSPS) is 18.4. The highest BCUT2D eigenvalue weighted by Gasteiger charge is 2.33. The Morgan fingerprint density at radius 1 is 1.06 bits per heavy atom. The van der Waals surface area contributed by atoms with Gasteiger partial charge in [0.25, 0.3) is 0 Å². The van der Waals surface area contributed by atoms with Crippen molar-refractivity contribution in [3.05, 3.63) is 94.5 Å². The van der Waals surface area contributed by atoms with E-state index in [1.54, 1.807) is 6.07 Å². The van der Waals surface area contributed by atoms with E-state index in [4.69, 9.17) is 0 Å². The van der Waals surface area contributed by atoms with Crippen molar-refractivity contribution in [1.29, 1.82) is 0 Å². The van der Waals surface area contributed by atoms with Crippen LogP contribution >= 0.6 is 11.5 Å². The van der Waals surface area contributed by atoms with Gasteiger partial charge in [-0.05, 0) is 54.2 Å². The summed E-state index contributed by atoms with van der Waals surface area (Å²) in [7, 11) is 0.